The maximum absolute atomic E-state index is 13.2. The van der Waals surface area contributed by atoms with Gasteiger partial charge in [0.05, 0.1) is 30.1 Å². The highest BCUT2D eigenvalue weighted by Crippen LogP contribution is 2.32. The lowest BCUT2D eigenvalue weighted by Gasteiger charge is -2.31. The van der Waals surface area contributed by atoms with Gasteiger partial charge < -0.3 is 10.1 Å². The zero-order chi connectivity index (χ0) is 23.3. The Morgan fingerprint density at radius 2 is 1.71 bits per heavy atom. The van der Waals surface area contributed by atoms with Gasteiger partial charge in [0.25, 0.3) is 0 Å². The molecule has 31 heavy (non-hydrogen) atoms. The molecule has 0 saturated heterocycles. The monoisotopic (exact) mass is 486 g/mol. The molecule has 2 atom stereocenters. The average Bonchev–Trinajstić information content (AvgIpc) is 2.68. The van der Waals surface area contributed by atoms with Gasteiger partial charge in [-0.15, -0.1) is 0 Å². The molecule has 170 valence electrons. The van der Waals surface area contributed by atoms with Gasteiger partial charge in [-0.25, -0.2) is 8.42 Å². The van der Waals surface area contributed by atoms with Gasteiger partial charge in [0.15, 0.2) is 0 Å². The number of benzene rings is 2. The van der Waals surface area contributed by atoms with Crippen LogP contribution >= 0.6 is 23.2 Å². The lowest BCUT2D eigenvalue weighted by atomic mass is 9.96. The van der Waals surface area contributed by atoms with Crippen molar-refractivity contribution >= 4 is 44.8 Å². The van der Waals surface area contributed by atoms with Crippen LogP contribution in [0.25, 0.3) is 0 Å². The molecular weight excluding hydrogens is 459 g/mol. The summed E-state index contributed by atoms with van der Waals surface area (Å²) in [5.74, 6) is 0.574. The summed E-state index contributed by atoms with van der Waals surface area (Å²) >= 11 is 12.3. The first-order chi connectivity index (χ1) is 14.4. The Morgan fingerprint density at radius 3 is 2.23 bits per heavy atom. The Bertz CT molecular complexity index is 1010. The first-order valence-electron chi connectivity index (χ1n) is 9.82. The molecule has 9 heteroatoms. The normalized spacial score (nSPS) is 13.5. The summed E-state index contributed by atoms with van der Waals surface area (Å²) in [7, 11) is -2.23. The molecule has 0 fully saturated rings. The SMILES string of the molecule is COc1ccc([C@H](CC(C)C)NC(=O)[C@H](C)N(c2cc(Cl)ccc2Cl)S(C)(=O)=O)cc1. The molecule has 0 radical (unpaired) electrons. The minimum absolute atomic E-state index is 0.157. The lowest BCUT2D eigenvalue weighted by molar-refractivity contribution is -0.122. The molecule has 0 bridgehead atoms. The number of ether oxygens (including phenoxy) is 1. The second kappa shape index (κ2) is 10.6. The topological polar surface area (TPSA) is 75.7 Å². The number of sulfonamides is 1. The summed E-state index contributed by atoms with van der Waals surface area (Å²) in [5, 5.41) is 3.50. The predicted molar refractivity (Wildman–Crippen MR) is 127 cm³/mol. The molecule has 1 N–H and O–H groups in total. The summed E-state index contributed by atoms with van der Waals surface area (Å²) < 4.78 is 31.4. The highest BCUT2D eigenvalue weighted by molar-refractivity contribution is 7.92. The van der Waals surface area contributed by atoms with Gasteiger partial charge in [-0.05, 0) is 55.2 Å². The first-order valence-corrected chi connectivity index (χ1v) is 12.4. The molecule has 0 aromatic heterocycles. The van der Waals surface area contributed by atoms with Gasteiger partial charge in [-0.2, -0.15) is 0 Å². The number of rotatable bonds is 9. The third-order valence-corrected chi connectivity index (χ3v) is 6.56. The smallest absolute Gasteiger partial charge is 0.244 e. The summed E-state index contributed by atoms with van der Waals surface area (Å²) in [6.07, 6.45) is 1.71. The van der Waals surface area contributed by atoms with Crippen LogP contribution in [-0.2, 0) is 14.8 Å². The Balaban J connectivity index is 2.36. The number of nitrogens with one attached hydrogen (secondary N) is 1. The Morgan fingerprint density at radius 1 is 1.10 bits per heavy atom. The average molecular weight is 487 g/mol. The van der Waals surface area contributed by atoms with E-state index in [4.69, 9.17) is 27.9 Å². The maximum atomic E-state index is 13.2. The van der Waals surface area contributed by atoms with E-state index in [9.17, 15) is 13.2 Å². The molecule has 0 aliphatic carbocycles. The Kier molecular flexibility index (Phi) is 8.63. The van der Waals surface area contributed by atoms with E-state index in [0.717, 1.165) is 16.1 Å². The number of carbonyl (C=O) groups is 1. The van der Waals surface area contributed by atoms with Crippen LogP contribution in [-0.4, -0.2) is 33.7 Å². The number of amides is 1. The van der Waals surface area contributed by atoms with Gasteiger partial charge in [0.1, 0.15) is 11.8 Å². The van der Waals surface area contributed by atoms with Crippen molar-refractivity contribution in [2.45, 2.75) is 39.3 Å². The minimum Gasteiger partial charge on any atom is -0.497 e. The van der Waals surface area contributed by atoms with E-state index in [1.165, 1.54) is 19.1 Å². The third kappa shape index (κ3) is 6.76. The second-order valence-corrected chi connectivity index (χ2v) is 10.5. The molecule has 0 heterocycles. The quantitative estimate of drug-likeness (QED) is 0.537. The fourth-order valence-electron chi connectivity index (χ4n) is 3.31. The van der Waals surface area contributed by atoms with Gasteiger partial charge >= 0.3 is 0 Å². The van der Waals surface area contributed by atoms with Crippen molar-refractivity contribution in [1.82, 2.24) is 5.32 Å². The number of nitrogens with zero attached hydrogens (tertiary/aromatic N) is 1. The Hall–Kier alpha value is -1.96. The molecule has 1 amide bonds. The van der Waals surface area contributed by atoms with E-state index in [-0.39, 0.29) is 16.8 Å². The van der Waals surface area contributed by atoms with Crippen molar-refractivity contribution in [2.24, 2.45) is 5.92 Å². The van der Waals surface area contributed by atoms with E-state index in [1.54, 1.807) is 13.2 Å². The van der Waals surface area contributed by atoms with Gasteiger partial charge in [-0.1, -0.05) is 49.2 Å². The summed E-state index contributed by atoms with van der Waals surface area (Å²) in [5.41, 5.74) is 1.06. The third-order valence-electron chi connectivity index (χ3n) is 4.78. The number of hydrogen-bond donors (Lipinski definition) is 1. The first kappa shape index (κ1) is 25.3. The van der Waals surface area contributed by atoms with Crippen LogP contribution in [0.1, 0.15) is 38.8 Å². The molecule has 0 spiro atoms. The van der Waals surface area contributed by atoms with Crippen LogP contribution in [0.4, 0.5) is 5.69 Å². The second-order valence-electron chi connectivity index (χ2n) is 7.79. The van der Waals surface area contributed by atoms with Crippen LogP contribution in [0.3, 0.4) is 0 Å². The van der Waals surface area contributed by atoms with E-state index in [2.05, 4.69) is 19.2 Å². The molecule has 2 rings (SSSR count). The number of halogens is 2. The van der Waals surface area contributed by atoms with Crippen molar-refractivity contribution in [3.63, 3.8) is 0 Å². The van der Waals surface area contributed by atoms with Crippen LogP contribution in [0, 0.1) is 5.92 Å². The van der Waals surface area contributed by atoms with Gasteiger partial charge in [0, 0.05) is 5.02 Å². The molecule has 2 aromatic rings. The standard InChI is InChI=1S/C22H28Cl2N2O4S/c1-14(2)12-20(16-6-9-18(30-4)10-7-16)25-22(27)15(3)26(31(5,28)29)21-13-17(23)8-11-19(21)24/h6-11,13-15,20H,12H2,1-5H3,(H,25,27)/t15-,20-/m0/s1. The molecule has 2 aromatic carbocycles. The molecular formula is C22H28Cl2N2O4S. The van der Waals surface area contributed by atoms with Crippen LogP contribution in [0.2, 0.25) is 10.0 Å². The zero-order valence-electron chi connectivity index (χ0n) is 18.2. The highest BCUT2D eigenvalue weighted by Gasteiger charge is 2.32. The van der Waals surface area contributed by atoms with E-state index in [1.807, 2.05) is 24.3 Å². The number of hydrogen-bond acceptors (Lipinski definition) is 4. The summed E-state index contributed by atoms with van der Waals surface area (Å²) in [6.45, 7) is 5.63. The van der Waals surface area contributed by atoms with Crippen molar-refractivity contribution < 1.29 is 17.9 Å². The van der Waals surface area contributed by atoms with Crippen LogP contribution in [0.5, 0.6) is 5.75 Å². The molecule has 0 unspecified atom stereocenters. The molecule has 0 aliphatic heterocycles. The molecule has 0 saturated carbocycles. The van der Waals surface area contributed by atoms with Crippen molar-refractivity contribution in [2.75, 3.05) is 17.7 Å². The largest absolute Gasteiger partial charge is 0.497 e. The fraction of sp³-hybridized carbons (Fsp3) is 0.409. The highest BCUT2D eigenvalue weighted by atomic mass is 35.5. The van der Waals surface area contributed by atoms with E-state index in [0.29, 0.717) is 23.1 Å². The van der Waals surface area contributed by atoms with Gasteiger partial charge in [0.2, 0.25) is 15.9 Å². The van der Waals surface area contributed by atoms with Gasteiger partial charge in [-0.3, -0.25) is 9.10 Å². The van der Waals surface area contributed by atoms with E-state index >= 15 is 0 Å². The number of carbonyl (C=O) groups excluding carboxylic acids is 1. The van der Waals surface area contributed by atoms with Crippen LogP contribution in [0.15, 0.2) is 42.5 Å². The Labute approximate surface area is 194 Å². The summed E-state index contributed by atoms with van der Waals surface area (Å²) in [6, 6.07) is 10.6. The molecule has 6 nitrogen and oxygen atoms in total. The van der Waals surface area contributed by atoms with Crippen molar-refractivity contribution in [3.8, 4) is 5.75 Å². The zero-order valence-corrected chi connectivity index (χ0v) is 20.6. The van der Waals surface area contributed by atoms with Crippen molar-refractivity contribution in [3.05, 3.63) is 58.1 Å². The summed E-state index contributed by atoms with van der Waals surface area (Å²) in [4.78, 5) is 13.2. The molecule has 0 aliphatic rings. The lowest BCUT2D eigenvalue weighted by Crippen LogP contribution is -2.49. The van der Waals surface area contributed by atoms with E-state index < -0.39 is 22.0 Å². The minimum atomic E-state index is -3.82. The van der Waals surface area contributed by atoms with Crippen molar-refractivity contribution in [1.29, 1.82) is 0 Å². The fourth-order valence-corrected chi connectivity index (χ4v) is 4.92. The maximum Gasteiger partial charge on any atom is 0.244 e. The number of methoxy groups -OCH3 is 1. The van der Waals surface area contributed by atoms with Crippen LogP contribution < -0.4 is 14.4 Å². The number of anilines is 1. The predicted octanol–water partition coefficient (Wildman–Crippen LogP) is 5.06.